The molecule has 0 unspecified atom stereocenters. The number of azide groups is 1. The van der Waals surface area contributed by atoms with E-state index < -0.39 is 5.54 Å². The van der Waals surface area contributed by atoms with Gasteiger partial charge in [-0.3, -0.25) is 4.79 Å². The number of hydrogen-bond donors (Lipinski definition) is 2. The number of amides is 1. The molecule has 0 spiro atoms. The number of rotatable bonds is 15. The number of aliphatic imine (C=N–C) groups is 1. The predicted octanol–water partition coefficient (Wildman–Crippen LogP) is 4.39. The molecule has 42 heavy (non-hydrogen) atoms. The van der Waals surface area contributed by atoms with Crippen LogP contribution in [0.1, 0.15) is 28.7 Å². The summed E-state index contributed by atoms with van der Waals surface area (Å²) in [5.74, 6) is 2.02. The van der Waals surface area contributed by atoms with Gasteiger partial charge >= 0.3 is 0 Å². The third-order valence-electron chi connectivity index (χ3n) is 6.91. The number of hydrogen-bond acceptors (Lipinski definition) is 8. The number of aliphatic hydroxyl groups excluding tert-OH is 1. The molecule has 1 heterocycles. The SMILES string of the molecule is COc1ccc(CCNC(=O)[C@@]2(Cc3ccccc3CN=[N+]=[N-])COC(c3ccc(OCCCO)cc3)=N2)cc1OC. The number of benzene rings is 3. The van der Waals surface area contributed by atoms with Crippen LogP contribution in [0.15, 0.2) is 76.8 Å². The molecule has 0 radical (unpaired) electrons. The van der Waals surface area contributed by atoms with Crippen LogP contribution in [0.25, 0.3) is 10.4 Å². The Morgan fingerprint density at radius 1 is 1.10 bits per heavy atom. The van der Waals surface area contributed by atoms with E-state index in [1.807, 2.05) is 54.6 Å². The first kappa shape index (κ1) is 30.2. The van der Waals surface area contributed by atoms with Crippen LogP contribution in [0, 0.1) is 0 Å². The van der Waals surface area contributed by atoms with Crippen LogP contribution in [0.2, 0.25) is 0 Å². The molecule has 220 valence electrons. The van der Waals surface area contributed by atoms with Gasteiger partial charge in [0.25, 0.3) is 5.91 Å². The molecule has 0 saturated heterocycles. The molecule has 0 saturated carbocycles. The highest BCUT2D eigenvalue weighted by Crippen LogP contribution is 2.30. The van der Waals surface area contributed by atoms with Gasteiger partial charge in [-0.15, -0.1) is 0 Å². The molecule has 0 aromatic heterocycles. The van der Waals surface area contributed by atoms with E-state index >= 15 is 0 Å². The van der Waals surface area contributed by atoms with E-state index in [9.17, 15) is 4.79 Å². The summed E-state index contributed by atoms with van der Waals surface area (Å²) in [5, 5.41) is 15.7. The second-order valence-corrected chi connectivity index (χ2v) is 9.72. The Hall–Kier alpha value is -4.73. The van der Waals surface area contributed by atoms with Gasteiger partial charge in [0.15, 0.2) is 17.0 Å². The molecule has 0 aliphatic carbocycles. The van der Waals surface area contributed by atoms with E-state index in [1.165, 1.54) is 0 Å². The summed E-state index contributed by atoms with van der Waals surface area (Å²) >= 11 is 0. The second kappa shape index (κ2) is 14.8. The van der Waals surface area contributed by atoms with Crippen molar-refractivity contribution in [3.05, 3.63) is 99.4 Å². The van der Waals surface area contributed by atoms with Crippen molar-refractivity contribution >= 4 is 11.8 Å². The molecule has 3 aromatic carbocycles. The van der Waals surface area contributed by atoms with Crippen LogP contribution in [-0.4, -0.2) is 63.0 Å². The third-order valence-corrected chi connectivity index (χ3v) is 6.91. The minimum Gasteiger partial charge on any atom is -0.494 e. The molecule has 1 aliphatic rings. The van der Waals surface area contributed by atoms with Gasteiger partial charge in [0.05, 0.1) is 27.4 Å². The highest BCUT2D eigenvalue weighted by Gasteiger charge is 2.44. The smallest absolute Gasteiger partial charge is 0.251 e. The van der Waals surface area contributed by atoms with Gasteiger partial charge in [-0.2, -0.15) is 0 Å². The average molecular weight is 574 g/mol. The number of nitrogens with one attached hydrogen (secondary N) is 1. The summed E-state index contributed by atoms with van der Waals surface area (Å²) in [7, 11) is 3.17. The maximum Gasteiger partial charge on any atom is 0.251 e. The van der Waals surface area contributed by atoms with E-state index in [-0.39, 0.29) is 32.1 Å². The first-order valence-corrected chi connectivity index (χ1v) is 13.7. The fraction of sp³-hybridized carbons (Fsp3) is 0.355. The average Bonchev–Trinajstić information content (AvgIpc) is 3.46. The number of methoxy groups -OCH3 is 2. The lowest BCUT2D eigenvalue weighted by Gasteiger charge is -2.24. The van der Waals surface area contributed by atoms with Gasteiger partial charge in [-0.25, -0.2) is 4.99 Å². The number of ether oxygens (including phenoxy) is 4. The van der Waals surface area contributed by atoms with Crippen molar-refractivity contribution < 1.29 is 28.8 Å². The highest BCUT2D eigenvalue weighted by molar-refractivity contribution is 6.00. The van der Waals surface area contributed by atoms with Crippen LogP contribution in [0.5, 0.6) is 17.2 Å². The van der Waals surface area contributed by atoms with Gasteiger partial charge < -0.3 is 29.4 Å². The number of carbonyl (C=O) groups is 1. The molecule has 3 aromatic rings. The fourth-order valence-electron chi connectivity index (χ4n) is 4.66. The normalized spacial score (nSPS) is 15.6. The van der Waals surface area contributed by atoms with Crippen LogP contribution < -0.4 is 19.5 Å². The number of aliphatic hydroxyl groups is 1. The Morgan fingerprint density at radius 3 is 2.57 bits per heavy atom. The van der Waals surface area contributed by atoms with E-state index in [4.69, 9.17) is 34.6 Å². The van der Waals surface area contributed by atoms with Crippen molar-refractivity contribution in [3.8, 4) is 17.2 Å². The Morgan fingerprint density at radius 2 is 1.86 bits per heavy atom. The van der Waals surface area contributed by atoms with Gasteiger partial charge in [-0.1, -0.05) is 35.4 Å². The van der Waals surface area contributed by atoms with Gasteiger partial charge in [-0.05, 0) is 65.0 Å². The molecule has 11 heteroatoms. The zero-order valence-electron chi connectivity index (χ0n) is 23.8. The standard InChI is InChI=1S/C31H35N5O6/c1-39-27-13-8-22(18-28(27)40-2)14-15-33-30(38)31(19-24-6-3-4-7-25(24)20-34-36-32)21-42-29(35-31)23-9-11-26(12-10-23)41-17-5-16-37/h3-4,6-13,18,37H,5,14-17,19-21H2,1-2H3,(H,33,38)/t31-/m1/s1. The minimum atomic E-state index is -1.23. The van der Waals surface area contributed by atoms with E-state index in [2.05, 4.69) is 15.3 Å². The summed E-state index contributed by atoms with van der Waals surface area (Å²) in [5.41, 5.74) is 11.0. The van der Waals surface area contributed by atoms with Crippen molar-refractivity contribution in [2.24, 2.45) is 10.1 Å². The summed E-state index contributed by atoms with van der Waals surface area (Å²) in [6, 6.07) is 20.5. The largest absolute Gasteiger partial charge is 0.494 e. The molecule has 0 bridgehead atoms. The maximum absolute atomic E-state index is 13.8. The van der Waals surface area contributed by atoms with Crippen molar-refractivity contribution in [2.45, 2.75) is 31.3 Å². The van der Waals surface area contributed by atoms with Gasteiger partial charge in [0.2, 0.25) is 5.90 Å². The Balaban J connectivity index is 1.56. The quantitative estimate of drug-likeness (QED) is 0.119. The number of carbonyl (C=O) groups excluding carboxylic acids is 1. The Labute approximate surface area is 244 Å². The molecular weight excluding hydrogens is 538 g/mol. The molecule has 2 N–H and O–H groups in total. The molecule has 0 fully saturated rings. The second-order valence-electron chi connectivity index (χ2n) is 9.72. The van der Waals surface area contributed by atoms with E-state index in [0.29, 0.717) is 54.7 Å². The molecule has 1 aliphatic heterocycles. The predicted molar refractivity (Wildman–Crippen MR) is 158 cm³/mol. The highest BCUT2D eigenvalue weighted by atomic mass is 16.5. The Kier molecular flexibility index (Phi) is 10.6. The zero-order valence-corrected chi connectivity index (χ0v) is 23.8. The van der Waals surface area contributed by atoms with Crippen molar-refractivity contribution in [1.82, 2.24) is 5.32 Å². The van der Waals surface area contributed by atoms with Crippen molar-refractivity contribution in [2.75, 3.05) is 40.6 Å². The molecule has 1 atom stereocenters. The third kappa shape index (κ3) is 7.51. The summed E-state index contributed by atoms with van der Waals surface area (Å²) in [4.78, 5) is 21.6. The van der Waals surface area contributed by atoms with Gasteiger partial charge in [0, 0.05) is 36.5 Å². The molecule has 11 nitrogen and oxygen atoms in total. The number of nitrogens with zero attached hydrogens (tertiary/aromatic N) is 4. The maximum atomic E-state index is 13.8. The van der Waals surface area contributed by atoms with Crippen LogP contribution >= 0.6 is 0 Å². The minimum absolute atomic E-state index is 0.0507. The van der Waals surface area contributed by atoms with E-state index in [0.717, 1.165) is 16.7 Å². The van der Waals surface area contributed by atoms with Crippen molar-refractivity contribution in [1.29, 1.82) is 0 Å². The topological polar surface area (TPSA) is 147 Å². The molecular formula is C31H35N5O6. The zero-order chi connectivity index (χ0) is 29.8. The molecule has 1 amide bonds. The van der Waals surface area contributed by atoms with Gasteiger partial charge in [0.1, 0.15) is 12.4 Å². The van der Waals surface area contributed by atoms with Crippen LogP contribution in [-0.2, 0) is 28.9 Å². The lowest BCUT2D eigenvalue weighted by Crippen LogP contribution is -2.49. The fourth-order valence-corrected chi connectivity index (χ4v) is 4.66. The molecule has 4 rings (SSSR count). The monoisotopic (exact) mass is 573 g/mol. The van der Waals surface area contributed by atoms with Crippen molar-refractivity contribution in [3.63, 3.8) is 0 Å². The summed E-state index contributed by atoms with van der Waals surface area (Å²) in [6.07, 6.45) is 1.38. The Bertz CT molecular complexity index is 1440. The first-order chi connectivity index (χ1) is 20.5. The van der Waals surface area contributed by atoms with Crippen LogP contribution in [0.3, 0.4) is 0 Å². The van der Waals surface area contributed by atoms with Crippen LogP contribution in [0.4, 0.5) is 0 Å². The van der Waals surface area contributed by atoms with E-state index in [1.54, 1.807) is 26.4 Å². The first-order valence-electron chi connectivity index (χ1n) is 13.7. The lowest BCUT2D eigenvalue weighted by molar-refractivity contribution is -0.126. The summed E-state index contributed by atoms with van der Waals surface area (Å²) < 4.78 is 22.4. The summed E-state index contributed by atoms with van der Waals surface area (Å²) in [6.45, 7) is 1.07. The lowest BCUT2D eigenvalue weighted by atomic mass is 9.89.